The molecule has 0 aliphatic heterocycles. The van der Waals surface area contributed by atoms with Crippen molar-refractivity contribution in [2.75, 3.05) is 0 Å². The lowest BCUT2D eigenvalue weighted by Crippen LogP contribution is -2.29. The zero-order valence-corrected chi connectivity index (χ0v) is 18.4. The van der Waals surface area contributed by atoms with Gasteiger partial charge in [0.05, 0.1) is 17.1 Å². The van der Waals surface area contributed by atoms with Gasteiger partial charge in [-0.2, -0.15) is 5.10 Å². The van der Waals surface area contributed by atoms with Gasteiger partial charge in [0.1, 0.15) is 18.3 Å². The highest BCUT2D eigenvalue weighted by Crippen LogP contribution is 2.34. The highest BCUT2D eigenvalue weighted by atomic mass is 19.3. The van der Waals surface area contributed by atoms with Crippen LogP contribution in [-0.2, 0) is 11.8 Å². The molecule has 2 aromatic carbocycles. The van der Waals surface area contributed by atoms with E-state index in [1.54, 1.807) is 31.2 Å². The van der Waals surface area contributed by atoms with Crippen LogP contribution < -0.4 is 5.32 Å². The smallest absolute Gasteiger partial charge is 0.270 e. The maximum absolute atomic E-state index is 13.9. The molecule has 4 rings (SSSR count). The molecule has 176 valence electrons. The quantitative estimate of drug-likeness (QED) is 0.403. The van der Waals surface area contributed by atoms with Gasteiger partial charge in [0, 0.05) is 30.5 Å². The second kappa shape index (κ2) is 8.47. The Morgan fingerprint density at radius 1 is 0.971 bits per heavy atom. The standard InChI is InChI=1S/C23H20F4N6O/c1-13(19-20(33-12-28-11-29-33)32-18-7-5-4-6-17(18)31-19)30-21(34)14-8-15(22(2,24)25)10-16(9-14)23(3,26)27/h4-13H,1-3H3,(H,30,34). The number of amides is 1. The number of aromatic nitrogens is 5. The number of rotatable bonds is 6. The fourth-order valence-electron chi connectivity index (χ4n) is 3.39. The molecule has 4 aromatic rings. The van der Waals surface area contributed by atoms with Crippen LogP contribution >= 0.6 is 0 Å². The van der Waals surface area contributed by atoms with Gasteiger partial charge >= 0.3 is 0 Å². The van der Waals surface area contributed by atoms with Gasteiger partial charge < -0.3 is 5.32 Å². The summed E-state index contributed by atoms with van der Waals surface area (Å²) in [6.07, 6.45) is 2.73. The lowest BCUT2D eigenvalue weighted by Gasteiger charge is -2.20. The second-order valence-corrected chi connectivity index (χ2v) is 8.03. The van der Waals surface area contributed by atoms with E-state index in [1.807, 2.05) is 0 Å². The average molecular weight is 472 g/mol. The lowest BCUT2D eigenvalue weighted by molar-refractivity contribution is 0.0105. The number of alkyl halides is 4. The number of nitrogens with one attached hydrogen (secondary N) is 1. The summed E-state index contributed by atoms with van der Waals surface area (Å²) in [5.41, 5.74) is -0.212. The van der Waals surface area contributed by atoms with Crippen molar-refractivity contribution in [1.29, 1.82) is 0 Å². The van der Waals surface area contributed by atoms with Crippen molar-refractivity contribution in [3.05, 3.63) is 77.5 Å². The summed E-state index contributed by atoms with van der Waals surface area (Å²) in [4.78, 5) is 26.0. The van der Waals surface area contributed by atoms with Crippen molar-refractivity contribution in [2.45, 2.75) is 38.7 Å². The van der Waals surface area contributed by atoms with E-state index in [9.17, 15) is 22.4 Å². The molecule has 0 spiro atoms. The van der Waals surface area contributed by atoms with E-state index in [-0.39, 0.29) is 5.56 Å². The van der Waals surface area contributed by atoms with Crippen molar-refractivity contribution >= 4 is 16.9 Å². The summed E-state index contributed by atoms with van der Waals surface area (Å²) < 4.78 is 57.1. The van der Waals surface area contributed by atoms with Crippen molar-refractivity contribution in [1.82, 2.24) is 30.0 Å². The Morgan fingerprint density at radius 2 is 1.56 bits per heavy atom. The molecular weight excluding hydrogens is 452 g/mol. The van der Waals surface area contributed by atoms with Gasteiger partial charge in [-0.15, -0.1) is 0 Å². The summed E-state index contributed by atoms with van der Waals surface area (Å²) in [5, 5.41) is 6.72. The Kier molecular flexibility index (Phi) is 5.80. The Hall–Kier alpha value is -3.89. The van der Waals surface area contributed by atoms with Gasteiger partial charge in [-0.25, -0.2) is 37.2 Å². The van der Waals surface area contributed by atoms with Gasteiger partial charge in [0.2, 0.25) is 0 Å². The van der Waals surface area contributed by atoms with E-state index < -0.39 is 34.9 Å². The summed E-state index contributed by atoms with van der Waals surface area (Å²) in [6, 6.07) is 8.82. The Morgan fingerprint density at radius 3 is 2.09 bits per heavy atom. The summed E-state index contributed by atoms with van der Waals surface area (Å²) in [7, 11) is 0. The Labute approximate surface area is 191 Å². The third-order valence-corrected chi connectivity index (χ3v) is 5.18. The first-order valence-electron chi connectivity index (χ1n) is 10.3. The molecule has 0 radical (unpaired) electrons. The van der Waals surface area contributed by atoms with E-state index in [0.717, 1.165) is 12.1 Å². The van der Waals surface area contributed by atoms with Gasteiger partial charge in [-0.05, 0) is 37.3 Å². The molecule has 2 aromatic heterocycles. The lowest BCUT2D eigenvalue weighted by atomic mass is 9.98. The van der Waals surface area contributed by atoms with Gasteiger partial charge in [0.15, 0.2) is 5.82 Å². The predicted molar refractivity (Wildman–Crippen MR) is 116 cm³/mol. The molecule has 7 nitrogen and oxygen atoms in total. The highest BCUT2D eigenvalue weighted by molar-refractivity contribution is 5.95. The van der Waals surface area contributed by atoms with Crippen molar-refractivity contribution in [3.63, 3.8) is 0 Å². The molecule has 0 aliphatic rings. The number of benzene rings is 2. The zero-order valence-electron chi connectivity index (χ0n) is 18.4. The molecule has 1 atom stereocenters. The molecule has 1 amide bonds. The van der Waals surface area contributed by atoms with Crippen molar-refractivity contribution in [2.24, 2.45) is 0 Å². The molecule has 1 unspecified atom stereocenters. The summed E-state index contributed by atoms with van der Waals surface area (Å²) in [6.45, 7) is 2.78. The summed E-state index contributed by atoms with van der Waals surface area (Å²) >= 11 is 0. The van der Waals surface area contributed by atoms with Crippen LogP contribution in [0.5, 0.6) is 0 Å². The molecule has 1 N–H and O–H groups in total. The predicted octanol–water partition coefficient (Wildman–Crippen LogP) is 4.92. The van der Waals surface area contributed by atoms with E-state index in [0.29, 0.717) is 42.5 Å². The fraction of sp³-hybridized carbons (Fsp3) is 0.261. The van der Waals surface area contributed by atoms with E-state index in [2.05, 4.69) is 25.4 Å². The topological polar surface area (TPSA) is 85.6 Å². The fourth-order valence-corrected chi connectivity index (χ4v) is 3.39. The minimum Gasteiger partial charge on any atom is -0.344 e. The molecule has 0 saturated heterocycles. The Bertz CT molecular complexity index is 1310. The molecule has 2 heterocycles. The van der Waals surface area contributed by atoms with Crippen LogP contribution in [-0.4, -0.2) is 30.6 Å². The third kappa shape index (κ3) is 4.73. The molecule has 0 saturated carbocycles. The van der Waals surface area contributed by atoms with Crippen LogP contribution in [0.3, 0.4) is 0 Å². The first-order valence-corrected chi connectivity index (χ1v) is 10.3. The number of hydrogen-bond donors (Lipinski definition) is 1. The molecule has 0 fully saturated rings. The van der Waals surface area contributed by atoms with Gasteiger partial charge in [0.25, 0.3) is 17.8 Å². The largest absolute Gasteiger partial charge is 0.344 e. The highest BCUT2D eigenvalue weighted by Gasteiger charge is 2.32. The van der Waals surface area contributed by atoms with Crippen LogP contribution in [0.15, 0.2) is 55.1 Å². The number of para-hydroxylation sites is 2. The number of carbonyl (C=O) groups excluding carboxylic acids is 1. The molecule has 11 heteroatoms. The van der Waals surface area contributed by atoms with Crippen LogP contribution in [0.4, 0.5) is 17.6 Å². The van der Waals surface area contributed by atoms with Crippen molar-refractivity contribution in [3.8, 4) is 5.82 Å². The number of carbonyl (C=O) groups is 1. The third-order valence-electron chi connectivity index (χ3n) is 5.18. The monoisotopic (exact) mass is 472 g/mol. The number of hydrogen-bond acceptors (Lipinski definition) is 5. The molecule has 0 bridgehead atoms. The maximum atomic E-state index is 13.9. The maximum Gasteiger partial charge on any atom is 0.270 e. The minimum atomic E-state index is -3.41. The SMILES string of the molecule is CC(NC(=O)c1cc(C(C)(F)F)cc(C(C)(F)F)c1)c1nc2ccccc2nc1-n1cncn1. The number of nitrogens with zero attached hydrogens (tertiary/aromatic N) is 5. The van der Waals surface area contributed by atoms with E-state index in [4.69, 9.17) is 0 Å². The Balaban J connectivity index is 1.73. The van der Waals surface area contributed by atoms with Crippen LogP contribution in [0.2, 0.25) is 0 Å². The molecule has 0 aliphatic carbocycles. The first kappa shape index (κ1) is 23.3. The van der Waals surface area contributed by atoms with Gasteiger partial charge in [-0.1, -0.05) is 12.1 Å². The zero-order chi connectivity index (χ0) is 24.7. The number of halogens is 4. The van der Waals surface area contributed by atoms with E-state index in [1.165, 1.54) is 17.3 Å². The molecule has 34 heavy (non-hydrogen) atoms. The minimum absolute atomic E-state index is 0.304. The average Bonchev–Trinajstić information content (AvgIpc) is 3.31. The molecular formula is C23H20F4N6O. The van der Waals surface area contributed by atoms with Crippen LogP contribution in [0.25, 0.3) is 16.9 Å². The normalized spacial score (nSPS) is 13.1. The van der Waals surface area contributed by atoms with Gasteiger partial charge in [-0.3, -0.25) is 4.79 Å². The van der Waals surface area contributed by atoms with Crippen molar-refractivity contribution < 1.29 is 22.4 Å². The summed E-state index contributed by atoms with van der Waals surface area (Å²) in [5.74, 6) is -7.33. The van der Waals surface area contributed by atoms with Crippen LogP contribution in [0, 0.1) is 0 Å². The number of fused-ring (bicyclic) bond motifs is 1. The first-order chi connectivity index (χ1) is 15.9. The van der Waals surface area contributed by atoms with Crippen LogP contribution in [0.1, 0.15) is 54.0 Å². The van der Waals surface area contributed by atoms with E-state index >= 15 is 0 Å². The second-order valence-electron chi connectivity index (χ2n) is 8.03.